The number of rotatable bonds is 8. The van der Waals surface area contributed by atoms with Gasteiger partial charge in [-0.2, -0.15) is 0 Å². The highest BCUT2D eigenvalue weighted by atomic mass is 32.2. The lowest BCUT2D eigenvalue weighted by Crippen LogP contribution is -2.29. The van der Waals surface area contributed by atoms with Gasteiger partial charge >= 0.3 is 0 Å². The van der Waals surface area contributed by atoms with Crippen molar-refractivity contribution in [3.05, 3.63) is 0 Å². The summed E-state index contributed by atoms with van der Waals surface area (Å²) in [4.78, 5) is 0. The fraction of sp³-hybridized carbons (Fsp3) is 0.900. The number of hydrogen-bond donors (Lipinski definition) is 3. The van der Waals surface area contributed by atoms with Crippen molar-refractivity contribution in [1.29, 1.82) is 0 Å². The van der Waals surface area contributed by atoms with Gasteiger partial charge in [-0.1, -0.05) is 5.16 Å². The fourth-order valence-electron chi connectivity index (χ4n) is 1.83. The van der Waals surface area contributed by atoms with Crippen molar-refractivity contribution in [2.24, 2.45) is 16.3 Å². The fourth-order valence-corrected chi connectivity index (χ4v) is 2.49. The summed E-state index contributed by atoms with van der Waals surface area (Å²) < 4.78 is 21.8. The minimum Gasteiger partial charge on any atom is -0.409 e. The van der Waals surface area contributed by atoms with Crippen LogP contribution < -0.4 is 11.1 Å². The average molecular weight is 263 g/mol. The molecule has 17 heavy (non-hydrogen) atoms. The molecule has 1 aliphatic rings. The van der Waals surface area contributed by atoms with E-state index in [1.54, 1.807) is 0 Å². The van der Waals surface area contributed by atoms with Gasteiger partial charge in [-0.05, 0) is 31.2 Å². The zero-order valence-electron chi connectivity index (χ0n) is 10.1. The van der Waals surface area contributed by atoms with Crippen molar-refractivity contribution in [3.8, 4) is 0 Å². The van der Waals surface area contributed by atoms with E-state index in [9.17, 15) is 8.42 Å². The van der Waals surface area contributed by atoms with Crippen LogP contribution in [0.4, 0.5) is 0 Å². The van der Waals surface area contributed by atoms with E-state index in [-0.39, 0.29) is 17.0 Å². The van der Waals surface area contributed by atoms with Crippen LogP contribution in [0.1, 0.15) is 25.7 Å². The minimum absolute atomic E-state index is 0.126. The normalized spacial score (nSPS) is 19.2. The molecule has 0 aromatic rings. The molecule has 0 aromatic heterocycles. The Bertz CT molecular complexity index is 374. The van der Waals surface area contributed by atoms with E-state index in [0.717, 1.165) is 19.4 Å². The first kappa shape index (κ1) is 14.2. The molecule has 0 radical (unpaired) electrons. The number of nitrogens with two attached hydrogens (primary N) is 1. The Balaban J connectivity index is 2.15. The Morgan fingerprint density at radius 2 is 2.18 bits per heavy atom. The summed E-state index contributed by atoms with van der Waals surface area (Å²) in [7, 11) is -2.86. The van der Waals surface area contributed by atoms with Gasteiger partial charge in [-0.25, -0.2) is 8.42 Å². The number of amidine groups is 1. The maximum Gasteiger partial charge on any atom is 0.147 e. The molecule has 0 aromatic carbocycles. The molecule has 1 aliphatic carbocycles. The molecule has 1 saturated carbocycles. The van der Waals surface area contributed by atoms with Crippen LogP contribution in [-0.4, -0.2) is 44.6 Å². The molecule has 0 aliphatic heterocycles. The van der Waals surface area contributed by atoms with Crippen LogP contribution in [0.15, 0.2) is 5.16 Å². The first-order chi connectivity index (χ1) is 7.87. The van der Waals surface area contributed by atoms with Gasteiger partial charge < -0.3 is 16.3 Å². The van der Waals surface area contributed by atoms with E-state index in [1.165, 1.54) is 6.26 Å². The van der Waals surface area contributed by atoms with Crippen LogP contribution in [0, 0.1) is 5.41 Å². The van der Waals surface area contributed by atoms with Crippen LogP contribution >= 0.6 is 0 Å². The lowest BCUT2D eigenvalue weighted by molar-refractivity contribution is 0.314. The quantitative estimate of drug-likeness (QED) is 0.187. The highest BCUT2D eigenvalue weighted by Crippen LogP contribution is 2.48. The molecule has 1 rings (SSSR count). The Hall–Kier alpha value is -0.820. The maximum absolute atomic E-state index is 10.9. The highest BCUT2D eigenvalue weighted by molar-refractivity contribution is 7.90. The number of nitrogens with one attached hydrogen (secondary N) is 1. The molecular weight excluding hydrogens is 242 g/mol. The molecule has 0 saturated heterocycles. The first-order valence-corrected chi connectivity index (χ1v) is 7.78. The molecule has 6 nitrogen and oxygen atoms in total. The van der Waals surface area contributed by atoms with E-state index >= 15 is 0 Å². The number of oxime groups is 1. The zero-order chi connectivity index (χ0) is 12.9. The third-order valence-electron chi connectivity index (χ3n) is 3.01. The molecule has 0 heterocycles. The average Bonchev–Trinajstić information content (AvgIpc) is 2.96. The standard InChI is InChI=1S/C10H21N3O3S/c1-17(15,16)6-2-5-12-8-10(3-4-10)7-9(11)13-14/h12,14H,2-8H2,1H3,(H2,11,13). The highest BCUT2D eigenvalue weighted by Gasteiger charge is 2.42. The van der Waals surface area contributed by atoms with Gasteiger partial charge in [0.1, 0.15) is 15.7 Å². The molecule has 0 atom stereocenters. The van der Waals surface area contributed by atoms with E-state index in [4.69, 9.17) is 10.9 Å². The molecule has 0 bridgehead atoms. The monoisotopic (exact) mass is 263 g/mol. The van der Waals surface area contributed by atoms with Gasteiger partial charge in [-0.15, -0.1) is 0 Å². The summed E-state index contributed by atoms with van der Waals surface area (Å²) in [5.74, 6) is 0.480. The van der Waals surface area contributed by atoms with Gasteiger partial charge in [0.25, 0.3) is 0 Å². The van der Waals surface area contributed by atoms with Gasteiger partial charge in [0.2, 0.25) is 0 Å². The zero-order valence-corrected chi connectivity index (χ0v) is 11.0. The summed E-state index contributed by atoms with van der Waals surface area (Å²) in [5, 5.41) is 14.7. The Labute approximate surface area is 102 Å². The summed E-state index contributed by atoms with van der Waals surface area (Å²) in [6.07, 6.45) is 4.61. The van der Waals surface area contributed by atoms with Crippen molar-refractivity contribution in [2.75, 3.05) is 25.1 Å². The molecule has 4 N–H and O–H groups in total. The Kier molecular flexibility index (Phi) is 4.76. The molecular formula is C10H21N3O3S. The van der Waals surface area contributed by atoms with Crippen molar-refractivity contribution in [2.45, 2.75) is 25.7 Å². The number of nitrogens with zero attached hydrogens (tertiary/aromatic N) is 1. The van der Waals surface area contributed by atoms with E-state index in [2.05, 4.69) is 10.5 Å². The summed E-state index contributed by atoms with van der Waals surface area (Å²) in [6.45, 7) is 1.48. The topological polar surface area (TPSA) is 105 Å². The van der Waals surface area contributed by atoms with Gasteiger partial charge in [0.15, 0.2) is 0 Å². The lowest BCUT2D eigenvalue weighted by Gasteiger charge is -2.14. The van der Waals surface area contributed by atoms with Crippen LogP contribution in [0.3, 0.4) is 0 Å². The molecule has 7 heteroatoms. The van der Waals surface area contributed by atoms with Crippen molar-refractivity contribution in [1.82, 2.24) is 5.32 Å². The first-order valence-electron chi connectivity index (χ1n) is 5.72. The van der Waals surface area contributed by atoms with Crippen molar-refractivity contribution in [3.63, 3.8) is 0 Å². The molecule has 1 fully saturated rings. The predicted molar refractivity (Wildman–Crippen MR) is 66.9 cm³/mol. The van der Waals surface area contributed by atoms with Crippen LogP contribution in [0.2, 0.25) is 0 Å². The minimum atomic E-state index is -2.86. The third kappa shape index (κ3) is 5.88. The Morgan fingerprint density at radius 3 is 2.65 bits per heavy atom. The van der Waals surface area contributed by atoms with Crippen LogP contribution in [0.5, 0.6) is 0 Å². The molecule has 0 unspecified atom stereocenters. The molecule has 100 valence electrons. The smallest absolute Gasteiger partial charge is 0.147 e. The number of hydrogen-bond acceptors (Lipinski definition) is 5. The van der Waals surface area contributed by atoms with Crippen LogP contribution in [-0.2, 0) is 9.84 Å². The summed E-state index contributed by atoms with van der Waals surface area (Å²) >= 11 is 0. The second-order valence-electron chi connectivity index (χ2n) is 4.93. The van der Waals surface area contributed by atoms with E-state index in [1.807, 2.05) is 0 Å². The second-order valence-corrected chi connectivity index (χ2v) is 7.19. The maximum atomic E-state index is 10.9. The second kappa shape index (κ2) is 5.68. The van der Waals surface area contributed by atoms with Gasteiger partial charge in [-0.3, -0.25) is 0 Å². The Morgan fingerprint density at radius 1 is 1.53 bits per heavy atom. The summed E-state index contributed by atoms with van der Waals surface area (Å²) in [5.41, 5.74) is 5.61. The largest absolute Gasteiger partial charge is 0.409 e. The summed E-state index contributed by atoms with van der Waals surface area (Å²) in [6, 6.07) is 0. The van der Waals surface area contributed by atoms with E-state index < -0.39 is 9.84 Å². The number of sulfone groups is 1. The molecule has 0 spiro atoms. The lowest BCUT2D eigenvalue weighted by atomic mass is 10.0. The van der Waals surface area contributed by atoms with Crippen molar-refractivity contribution >= 4 is 15.7 Å². The van der Waals surface area contributed by atoms with Gasteiger partial charge in [0, 0.05) is 19.2 Å². The SMILES string of the molecule is CS(=O)(=O)CCCNCC1(CC(N)=NO)CC1. The van der Waals surface area contributed by atoms with Crippen molar-refractivity contribution < 1.29 is 13.6 Å². The van der Waals surface area contributed by atoms with Crippen LogP contribution in [0.25, 0.3) is 0 Å². The third-order valence-corrected chi connectivity index (χ3v) is 4.04. The molecule has 0 amide bonds. The van der Waals surface area contributed by atoms with E-state index in [0.29, 0.717) is 19.4 Å². The van der Waals surface area contributed by atoms with Gasteiger partial charge in [0.05, 0.1) is 5.75 Å². The predicted octanol–water partition coefficient (Wildman–Crippen LogP) is -0.0726.